The third-order valence-electron chi connectivity index (χ3n) is 4.08. The van der Waals surface area contributed by atoms with Gasteiger partial charge in [-0.2, -0.15) is 13.2 Å². The zero-order chi connectivity index (χ0) is 21.2. The van der Waals surface area contributed by atoms with Crippen LogP contribution >= 0.6 is 0 Å². The van der Waals surface area contributed by atoms with Crippen molar-refractivity contribution in [3.05, 3.63) is 35.9 Å². The Labute approximate surface area is 161 Å². The fraction of sp³-hybridized carbons (Fsp3) is 0.526. The van der Waals surface area contributed by atoms with Gasteiger partial charge in [-0.05, 0) is 18.4 Å². The lowest BCUT2D eigenvalue weighted by atomic mass is 9.98. The molecule has 0 aliphatic carbocycles. The number of hydrogen-bond acceptors (Lipinski definition) is 5. The summed E-state index contributed by atoms with van der Waals surface area (Å²) < 4.78 is 46.8. The second-order valence-electron chi connectivity index (χ2n) is 6.29. The molecule has 0 aromatic heterocycles. The summed E-state index contributed by atoms with van der Waals surface area (Å²) in [6.45, 7) is -0.0252. The fourth-order valence-corrected chi connectivity index (χ4v) is 2.53. The quantitative estimate of drug-likeness (QED) is 0.443. The van der Waals surface area contributed by atoms with Crippen LogP contribution in [0.5, 0.6) is 0 Å². The van der Waals surface area contributed by atoms with E-state index in [-0.39, 0.29) is 32.4 Å². The largest absolute Gasteiger partial charge is 0.471 e. The summed E-state index contributed by atoms with van der Waals surface area (Å²) in [4.78, 5) is 35.5. The first-order valence-electron chi connectivity index (χ1n) is 8.74. The second-order valence-corrected chi connectivity index (χ2v) is 6.29. The fourth-order valence-electron chi connectivity index (χ4n) is 2.53. The summed E-state index contributed by atoms with van der Waals surface area (Å²) in [6, 6.07) is 9.04. The maximum atomic E-state index is 12.3. The van der Waals surface area contributed by atoms with E-state index < -0.39 is 29.9 Å². The summed E-state index contributed by atoms with van der Waals surface area (Å²) in [5.74, 6) is -3.82. The number of carbonyl (C=O) groups is 3. The number of rotatable bonds is 10. The molecular formula is C19H24F3NO5. The zero-order valence-electron chi connectivity index (χ0n) is 15.8. The summed E-state index contributed by atoms with van der Waals surface area (Å²) >= 11 is 0. The lowest BCUT2D eigenvalue weighted by Crippen LogP contribution is -2.38. The van der Waals surface area contributed by atoms with Crippen molar-refractivity contribution >= 4 is 17.8 Å². The van der Waals surface area contributed by atoms with Crippen LogP contribution < -0.4 is 0 Å². The minimum absolute atomic E-state index is 0.0813. The van der Waals surface area contributed by atoms with Crippen LogP contribution in [-0.2, 0) is 30.5 Å². The van der Waals surface area contributed by atoms with Crippen molar-refractivity contribution in [3.63, 3.8) is 0 Å². The Bertz CT molecular complexity index is 649. The Balaban J connectivity index is 2.43. The van der Waals surface area contributed by atoms with Crippen LogP contribution in [0.25, 0.3) is 0 Å². The van der Waals surface area contributed by atoms with Crippen LogP contribution in [0.3, 0.4) is 0 Å². The smallest absolute Gasteiger partial charge is 0.469 e. The normalized spacial score (nSPS) is 12.2. The molecule has 0 aliphatic rings. The summed E-state index contributed by atoms with van der Waals surface area (Å²) in [6.07, 6.45) is -4.25. The first kappa shape index (κ1) is 23.5. The van der Waals surface area contributed by atoms with E-state index in [0.29, 0.717) is 11.3 Å². The first-order valence-corrected chi connectivity index (χ1v) is 8.74. The molecule has 6 nitrogen and oxygen atoms in total. The van der Waals surface area contributed by atoms with Gasteiger partial charge in [0.2, 0.25) is 0 Å². The molecule has 0 bridgehead atoms. The molecule has 0 saturated heterocycles. The molecular weight excluding hydrogens is 379 g/mol. The monoisotopic (exact) mass is 403 g/mol. The third kappa shape index (κ3) is 8.41. The van der Waals surface area contributed by atoms with Crippen LogP contribution in [0, 0.1) is 5.92 Å². The number of ether oxygens (including phenoxy) is 2. The van der Waals surface area contributed by atoms with Crippen molar-refractivity contribution < 1.29 is 37.0 Å². The molecule has 0 unspecified atom stereocenters. The maximum Gasteiger partial charge on any atom is 0.471 e. The Morgan fingerprint density at radius 2 is 1.75 bits per heavy atom. The highest BCUT2D eigenvalue weighted by Crippen LogP contribution is 2.19. The number of esters is 2. The molecule has 0 radical (unpaired) electrons. The number of hydrogen-bond donors (Lipinski definition) is 0. The van der Waals surface area contributed by atoms with E-state index in [1.807, 2.05) is 6.07 Å². The molecule has 1 aromatic rings. The molecule has 1 atom stereocenters. The van der Waals surface area contributed by atoms with E-state index in [9.17, 15) is 27.6 Å². The van der Waals surface area contributed by atoms with E-state index in [1.54, 1.807) is 24.3 Å². The third-order valence-corrected chi connectivity index (χ3v) is 4.08. The maximum absolute atomic E-state index is 12.3. The number of halogens is 3. The molecule has 0 spiro atoms. The summed E-state index contributed by atoms with van der Waals surface area (Å²) in [7, 11) is 2.26. The van der Waals surface area contributed by atoms with Crippen molar-refractivity contribution in [1.82, 2.24) is 4.90 Å². The van der Waals surface area contributed by atoms with Crippen molar-refractivity contribution in [2.75, 3.05) is 20.7 Å². The number of amides is 1. The number of benzene rings is 1. The van der Waals surface area contributed by atoms with Gasteiger partial charge in [-0.1, -0.05) is 36.8 Å². The molecule has 0 aliphatic heterocycles. The average Bonchev–Trinajstić information content (AvgIpc) is 2.67. The van der Waals surface area contributed by atoms with Gasteiger partial charge < -0.3 is 14.4 Å². The predicted molar refractivity (Wildman–Crippen MR) is 93.9 cm³/mol. The summed E-state index contributed by atoms with van der Waals surface area (Å²) in [5, 5.41) is 0. The van der Waals surface area contributed by atoms with Gasteiger partial charge in [0.25, 0.3) is 0 Å². The Morgan fingerprint density at radius 1 is 1.11 bits per heavy atom. The second kappa shape index (κ2) is 11.3. The molecule has 0 fully saturated rings. The van der Waals surface area contributed by atoms with Gasteiger partial charge in [-0.25, -0.2) is 0 Å². The van der Waals surface area contributed by atoms with Crippen LogP contribution in [0.1, 0.15) is 31.2 Å². The van der Waals surface area contributed by atoms with E-state index in [0.717, 1.165) is 12.6 Å². The SMILES string of the molecule is COC(=O)[C@H](CCCCN(C)C(=O)C(F)(F)F)CC(=O)OCc1ccccc1. The van der Waals surface area contributed by atoms with E-state index in [2.05, 4.69) is 4.74 Å². The highest BCUT2D eigenvalue weighted by atomic mass is 19.4. The number of carbonyl (C=O) groups excluding carboxylic acids is 3. The zero-order valence-corrected chi connectivity index (χ0v) is 15.8. The Kier molecular flexibility index (Phi) is 9.47. The van der Waals surface area contributed by atoms with E-state index in [4.69, 9.17) is 4.74 Å². The van der Waals surface area contributed by atoms with Gasteiger partial charge in [0.15, 0.2) is 0 Å². The first-order chi connectivity index (χ1) is 13.1. The molecule has 1 amide bonds. The number of alkyl halides is 3. The molecule has 1 rings (SSSR count). The highest BCUT2D eigenvalue weighted by molar-refractivity contribution is 5.81. The predicted octanol–water partition coefficient (Wildman–Crippen LogP) is 3.10. The molecule has 0 heterocycles. The van der Waals surface area contributed by atoms with Crippen molar-refractivity contribution in [2.45, 2.75) is 38.5 Å². The van der Waals surface area contributed by atoms with Crippen LogP contribution in [0.15, 0.2) is 30.3 Å². The van der Waals surface area contributed by atoms with Gasteiger partial charge in [-0.15, -0.1) is 0 Å². The lowest BCUT2D eigenvalue weighted by molar-refractivity contribution is -0.184. The topological polar surface area (TPSA) is 72.9 Å². The van der Waals surface area contributed by atoms with Gasteiger partial charge in [0.05, 0.1) is 19.4 Å². The van der Waals surface area contributed by atoms with Crippen LogP contribution in [0.2, 0.25) is 0 Å². The van der Waals surface area contributed by atoms with Gasteiger partial charge in [0, 0.05) is 13.6 Å². The van der Waals surface area contributed by atoms with Crippen molar-refractivity contribution in [1.29, 1.82) is 0 Å². The van der Waals surface area contributed by atoms with Gasteiger partial charge in [0.1, 0.15) is 6.61 Å². The van der Waals surface area contributed by atoms with E-state index >= 15 is 0 Å². The van der Waals surface area contributed by atoms with E-state index in [1.165, 1.54) is 7.11 Å². The Morgan fingerprint density at radius 3 is 2.32 bits per heavy atom. The molecule has 9 heteroatoms. The standard InChI is InChI=1S/C19H24F3NO5/c1-23(18(26)19(20,21)22)11-7-6-10-15(17(25)27-2)12-16(24)28-13-14-8-4-3-5-9-14/h3-5,8-9,15H,6-7,10-13H2,1-2H3/t15-/m1/s1. The van der Waals surface area contributed by atoms with Gasteiger partial charge in [-0.3, -0.25) is 14.4 Å². The van der Waals surface area contributed by atoms with Crippen molar-refractivity contribution in [2.24, 2.45) is 5.92 Å². The highest BCUT2D eigenvalue weighted by Gasteiger charge is 2.40. The lowest BCUT2D eigenvalue weighted by Gasteiger charge is -2.19. The molecule has 1 aromatic carbocycles. The number of methoxy groups -OCH3 is 1. The van der Waals surface area contributed by atoms with Gasteiger partial charge >= 0.3 is 24.0 Å². The number of nitrogens with zero attached hydrogens (tertiary/aromatic N) is 1. The minimum Gasteiger partial charge on any atom is -0.469 e. The molecule has 28 heavy (non-hydrogen) atoms. The van der Waals surface area contributed by atoms with Crippen LogP contribution in [-0.4, -0.2) is 49.6 Å². The molecule has 156 valence electrons. The minimum atomic E-state index is -4.91. The number of unbranched alkanes of at least 4 members (excludes halogenated alkanes) is 1. The van der Waals surface area contributed by atoms with Crippen molar-refractivity contribution in [3.8, 4) is 0 Å². The summed E-state index contributed by atoms with van der Waals surface area (Å²) in [5.41, 5.74) is 0.808. The molecule has 0 saturated carbocycles. The van der Waals surface area contributed by atoms with Crippen LogP contribution in [0.4, 0.5) is 13.2 Å². The average molecular weight is 403 g/mol. The molecule has 0 N–H and O–H groups in total. The Hall–Kier alpha value is -2.58.